The molecule has 2 N–H and O–H groups in total. The molecule has 106 valence electrons. The second-order valence-corrected chi connectivity index (χ2v) is 5.61. The number of benzene rings is 1. The minimum atomic E-state index is -0.0941. The van der Waals surface area contributed by atoms with E-state index in [4.69, 9.17) is 5.73 Å². The molecule has 1 aromatic carbocycles. The van der Waals surface area contributed by atoms with Crippen molar-refractivity contribution in [3.05, 3.63) is 35.6 Å². The second kappa shape index (κ2) is 6.49. The number of piperidine rings is 1. The van der Waals surface area contributed by atoms with E-state index < -0.39 is 0 Å². The standard InChI is InChI=1S/C16H25FN2/c1-3-15(13-8-4-5-9-14(13)17)19-10-6-7-12(2)16(19)11-18/h4-5,8-9,12,15-16H,3,6-7,10-11,18H2,1-2H3. The van der Waals surface area contributed by atoms with Crippen molar-refractivity contribution in [2.24, 2.45) is 11.7 Å². The van der Waals surface area contributed by atoms with Crippen LogP contribution in [0.3, 0.4) is 0 Å². The summed E-state index contributed by atoms with van der Waals surface area (Å²) in [4.78, 5) is 2.42. The lowest BCUT2D eigenvalue weighted by atomic mass is 9.87. The summed E-state index contributed by atoms with van der Waals surface area (Å²) in [7, 11) is 0. The van der Waals surface area contributed by atoms with E-state index in [1.165, 1.54) is 12.8 Å². The maximum Gasteiger partial charge on any atom is 0.127 e. The molecule has 1 fully saturated rings. The first-order valence-corrected chi connectivity index (χ1v) is 7.39. The van der Waals surface area contributed by atoms with E-state index >= 15 is 0 Å². The summed E-state index contributed by atoms with van der Waals surface area (Å²) in [5.74, 6) is 0.503. The fourth-order valence-corrected chi connectivity index (χ4v) is 3.41. The molecule has 0 radical (unpaired) electrons. The zero-order valence-corrected chi connectivity index (χ0v) is 12.0. The first kappa shape index (κ1) is 14.5. The topological polar surface area (TPSA) is 29.3 Å². The van der Waals surface area contributed by atoms with Crippen molar-refractivity contribution in [1.82, 2.24) is 4.90 Å². The highest BCUT2D eigenvalue weighted by Gasteiger charge is 2.33. The van der Waals surface area contributed by atoms with E-state index in [2.05, 4.69) is 18.7 Å². The smallest absolute Gasteiger partial charge is 0.127 e. The van der Waals surface area contributed by atoms with Crippen LogP contribution in [0.5, 0.6) is 0 Å². The fourth-order valence-electron chi connectivity index (χ4n) is 3.41. The van der Waals surface area contributed by atoms with Crippen LogP contribution in [-0.4, -0.2) is 24.0 Å². The highest BCUT2D eigenvalue weighted by atomic mass is 19.1. The van der Waals surface area contributed by atoms with Gasteiger partial charge in [-0.05, 0) is 37.8 Å². The predicted octanol–water partition coefficient (Wildman–Crippen LogP) is 3.34. The molecule has 0 aromatic heterocycles. The van der Waals surface area contributed by atoms with E-state index in [0.29, 0.717) is 18.5 Å². The van der Waals surface area contributed by atoms with E-state index in [0.717, 1.165) is 18.5 Å². The van der Waals surface area contributed by atoms with Crippen LogP contribution >= 0.6 is 0 Å². The first-order chi connectivity index (χ1) is 9.19. The lowest BCUT2D eigenvalue weighted by Gasteiger charge is -2.44. The predicted molar refractivity (Wildman–Crippen MR) is 77.4 cm³/mol. The highest BCUT2D eigenvalue weighted by Crippen LogP contribution is 2.34. The normalized spacial score (nSPS) is 26.3. The van der Waals surface area contributed by atoms with Gasteiger partial charge in [-0.15, -0.1) is 0 Å². The number of halogens is 1. The Morgan fingerprint density at radius 2 is 2.16 bits per heavy atom. The van der Waals surface area contributed by atoms with E-state index in [1.807, 2.05) is 12.1 Å². The van der Waals surface area contributed by atoms with Gasteiger partial charge in [-0.1, -0.05) is 32.0 Å². The molecule has 1 saturated heterocycles. The SMILES string of the molecule is CCC(c1ccccc1F)N1CCCC(C)C1CN. The lowest BCUT2D eigenvalue weighted by Crippen LogP contribution is -2.50. The van der Waals surface area contributed by atoms with Gasteiger partial charge >= 0.3 is 0 Å². The van der Waals surface area contributed by atoms with Gasteiger partial charge in [0.05, 0.1) is 0 Å². The van der Waals surface area contributed by atoms with Gasteiger partial charge in [0.25, 0.3) is 0 Å². The molecule has 0 saturated carbocycles. The molecule has 1 heterocycles. The molecule has 0 amide bonds. The Labute approximate surface area is 115 Å². The molecule has 0 bridgehead atoms. The van der Waals surface area contributed by atoms with Crippen molar-refractivity contribution < 1.29 is 4.39 Å². The molecule has 3 unspecified atom stereocenters. The molecule has 2 nitrogen and oxygen atoms in total. The maximum atomic E-state index is 14.1. The van der Waals surface area contributed by atoms with Crippen molar-refractivity contribution in [3.63, 3.8) is 0 Å². The molecule has 2 rings (SSSR count). The van der Waals surface area contributed by atoms with Crippen molar-refractivity contribution in [3.8, 4) is 0 Å². The Kier molecular flexibility index (Phi) is 4.94. The Morgan fingerprint density at radius 3 is 2.79 bits per heavy atom. The maximum absolute atomic E-state index is 14.1. The van der Waals surface area contributed by atoms with Gasteiger partial charge in [-0.25, -0.2) is 4.39 Å². The van der Waals surface area contributed by atoms with Crippen LogP contribution in [0, 0.1) is 11.7 Å². The minimum Gasteiger partial charge on any atom is -0.329 e. The van der Waals surface area contributed by atoms with E-state index in [9.17, 15) is 4.39 Å². The van der Waals surface area contributed by atoms with Crippen molar-refractivity contribution >= 4 is 0 Å². The average Bonchev–Trinajstić information content (AvgIpc) is 2.42. The Balaban J connectivity index is 2.28. The lowest BCUT2D eigenvalue weighted by molar-refractivity contribution is 0.0580. The Hall–Kier alpha value is -0.930. The van der Waals surface area contributed by atoms with Gasteiger partial charge in [0, 0.05) is 24.2 Å². The molecule has 1 aliphatic rings. The van der Waals surface area contributed by atoms with Crippen molar-refractivity contribution in [1.29, 1.82) is 0 Å². The summed E-state index contributed by atoms with van der Waals surface area (Å²) in [6.45, 7) is 6.08. The van der Waals surface area contributed by atoms with Crippen LogP contribution in [0.1, 0.15) is 44.7 Å². The zero-order chi connectivity index (χ0) is 13.8. The second-order valence-electron chi connectivity index (χ2n) is 5.61. The van der Waals surface area contributed by atoms with Crippen LogP contribution in [0.4, 0.5) is 4.39 Å². The summed E-state index contributed by atoms with van der Waals surface area (Å²) < 4.78 is 14.1. The van der Waals surface area contributed by atoms with Crippen LogP contribution in [0.15, 0.2) is 24.3 Å². The van der Waals surface area contributed by atoms with Crippen LogP contribution in [-0.2, 0) is 0 Å². The van der Waals surface area contributed by atoms with E-state index in [-0.39, 0.29) is 11.9 Å². The summed E-state index contributed by atoms with van der Waals surface area (Å²) in [5, 5.41) is 0. The molecule has 0 spiro atoms. The highest BCUT2D eigenvalue weighted by molar-refractivity contribution is 5.21. The van der Waals surface area contributed by atoms with Crippen LogP contribution < -0.4 is 5.73 Å². The summed E-state index contributed by atoms with van der Waals surface area (Å²) >= 11 is 0. The molecular weight excluding hydrogens is 239 g/mol. The third-order valence-corrected chi connectivity index (χ3v) is 4.45. The van der Waals surface area contributed by atoms with Gasteiger partial charge in [0.1, 0.15) is 5.82 Å². The molecule has 3 atom stereocenters. The summed E-state index contributed by atoms with van der Waals surface area (Å²) in [5.41, 5.74) is 6.77. The number of nitrogens with two attached hydrogens (primary N) is 1. The monoisotopic (exact) mass is 264 g/mol. The third kappa shape index (κ3) is 2.98. The summed E-state index contributed by atoms with van der Waals surface area (Å²) in [6.07, 6.45) is 3.33. The number of likely N-dealkylation sites (tertiary alicyclic amines) is 1. The zero-order valence-electron chi connectivity index (χ0n) is 12.0. The molecule has 1 aromatic rings. The Bertz CT molecular complexity index is 407. The number of hydrogen-bond donors (Lipinski definition) is 1. The van der Waals surface area contributed by atoms with Crippen molar-refractivity contribution in [2.75, 3.05) is 13.1 Å². The van der Waals surface area contributed by atoms with Gasteiger partial charge in [0.15, 0.2) is 0 Å². The van der Waals surface area contributed by atoms with E-state index in [1.54, 1.807) is 12.1 Å². The van der Waals surface area contributed by atoms with Crippen LogP contribution in [0.25, 0.3) is 0 Å². The largest absolute Gasteiger partial charge is 0.329 e. The molecule has 19 heavy (non-hydrogen) atoms. The fraction of sp³-hybridized carbons (Fsp3) is 0.625. The van der Waals surface area contributed by atoms with Gasteiger partial charge in [0.2, 0.25) is 0 Å². The summed E-state index contributed by atoms with van der Waals surface area (Å²) in [6, 6.07) is 7.67. The number of hydrogen-bond acceptors (Lipinski definition) is 2. The first-order valence-electron chi connectivity index (χ1n) is 7.39. The third-order valence-electron chi connectivity index (χ3n) is 4.45. The van der Waals surface area contributed by atoms with Gasteiger partial charge in [-0.2, -0.15) is 0 Å². The number of rotatable bonds is 4. The van der Waals surface area contributed by atoms with Gasteiger partial charge < -0.3 is 5.73 Å². The Morgan fingerprint density at radius 1 is 1.42 bits per heavy atom. The quantitative estimate of drug-likeness (QED) is 0.903. The minimum absolute atomic E-state index is 0.0941. The van der Waals surface area contributed by atoms with Gasteiger partial charge in [-0.3, -0.25) is 4.90 Å². The van der Waals surface area contributed by atoms with Crippen LogP contribution in [0.2, 0.25) is 0 Å². The molecular formula is C16H25FN2. The molecule has 0 aliphatic carbocycles. The van der Waals surface area contributed by atoms with Crippen molar-refractivity contribution in [2.45, 2.75) is 45.2 Å². The number of nitrogens with zero attached hydrogens (tertiary/aromatic N) is 1. The average molecular weight is 264 g/mol. The molecule has 1 aliphatic heterocycles. The molecule has 3 heteroatoms.